The van der Waals surface area contributed by atoms with Gasteiger partial charge in [0.05, 0.1) is 99.3 Å². The number of aromatic nitrogens is 15. The number of H-pyrrole nitrogens is 2. The third-order valence-corrected chi connectivity index (χ3v) is 19.0. The molecule has 3 aromatic carbocycles. The van der Waals surface area contributed by atoms with Crippen LogP contribution < -0.4 is 15.2 Å². The summed E-state index contributed by atoms with van der Waals surface area (Å²) in [6.07, 6.45) is -8.44. The zero-order valence-electron chi connectivity index (χ0n) is 68.7. The van der Waals surface area contributed by atoms with Crippen LogP contribution in [0.1, 0.15) is 158 Å². The first-order valence-electron chi connectivity index (χ1n) is 37.7. The highest BCUT2D eigenvalue weighted by molar-refractivity contribution is 9.10. The van der Waals surface area contributed by atoms with Crippen molar-refractivity contribution in [2.75, 3.05) is 13.2 Å². The van der Waals surface area contributed by atoms with E-state index in [-0.39, 0.29) is 99.5 Å². The highest BCUT2D eigenvalue weighted by atomic mass is 79.9. The van der Waals surface area contributed by atoms with E-state index in [1.54, 1.807) is 133 Å². The van der Waals surface area contributed by atoms with Crippen LogP contribution in [0.25, 0.3) is 66.5 Å². The van der Waals surface area contributed by atoms with E-state index in [0.717, 1.165) is 71.7 Å². The summed E-state index contributed by atoms with van der Waals surface area (Å²) in [5, 5.41) is 46.0. The van der Waals surface area contributed by atoms with Crippen molar-refractivity contribution in [3.63, 3.8) is 0 Å². The maximum atomic E-state index is 14.0. The number of ketones is 1. The van der Waals surface area contributed by atoms with Gasteiger partial charge in [0.25, 0.3) is 0 Å². The van der Waals surface area contributed by atoms with Crippen LogP contribution >= 0.6 is 15.9 Å². The van der Waals surface area contributed by atoms with Gasteiger partial charge in [0, 0.05) is 29.2 Å². The number of rotatable bonds is 15. The summed E-state index contributed by atoms with van der Waals surface area (Å²) in [5.74, 6) is -0.884. The summed E-state index contributed by atoms with van der Waals surface area (Å²) >= 11 is 3.07. The molecule has 39 heteroatoms. The lowest BCUT2D eigenvalue weighted by atomic mass is 9.83. The Hall–Kier alpha value is -14.1. The maximum absolute atomic E-state index is 14.0. The molecule has 15 rings (SSSR count). The van der Waals surface area contributed by atoms with Crippen LogP contribution in [0.5, 0.6) is 12.0 Å². The maximum Gasteiger partial charge on any atom is 0.433 e. The number of hydrogen-bond acceptors (Lipinski definition) is 25. The van der Waals surface area contributed by atoms with Gasteiger partial charge >= 0.3 is 42.2 Å². The van der Waals surface area contributed by atoms with Crippen molar-refractivity contribution in [3.05, 3.63) is 275 Å². The molecule has 0 aliphatic carbocycles. The molecule has 0 spiro atoms. The molecule has 4 N–H and O–H groups in total. The lowest BCUT2D eigenvalue weighted by molar-refractivity contribution is -0.142. The first kappa shape index (κ1) is 90.1. The molecule has 2 atom stereocenters. The summed E-state index contributed by atoms with van der Waals surface area (Å²) in [4.78, 5) is 90.2. The molecule has 0 amide bonds. The van der Waals surface area contributed by atoms with Crippen LogP contribution in [0.15, 0.2) is 169 Å². The van der Waals surface area contributed by atoms with E-state index in [4.69, 9.17) is 32.5 Å². The minimum atomic E-state index is -4.86. The van der Waals surface area contributed by atoms with Crippen molar-refractivity contribution in [1.82, 2.24) is 74.4 Å². The SMILES string of the molecule is CCOc1nc2c(C(=O)c3cccc(C#N)n3)cc(-c3c(C)noc3C)cc2n1C(=O)OC(C)(C)C.CCOc1nc2c(C(O)(c3ccc(F)cn3)c3cccc(C(F)(F)F)n3)cc(-c3c(C)noc3C)cc2n1C(=O)OC(C)(C)C.Cc1noc(C)c1-c1cc(C(O)(c2ccc(F)cn2)c2cccc(C(F)(F)F)n2)c2[nH]c(=O)[nH]c2c1.Fc1ccc(Br)nc1.[2HH]. The molecule has 125 heavy (non-hydrogen) atoms. The van der Waals surface area contributed by atoms with E-state index in [1.807, 2.05) is 6.07 Å². The number of alkyl halides is 6. The lowest BCUT2D eigenvalue weighted by Crippen LogP contribution is -2.32. The molecule has 0 radical (unpaired) electrons. The van der Waals surface area contributed by atoms with Crippen molar-refractivity contribution in [1.29, 1.82) is 5.26 Å². The van der Waals surface area contributed by atoms with Crippen molar-refractivity contribution in [2.24, 2.45) is 0 Å². The second kappa shape index (κ2) is 35.4. The molecule has 12 aromatic heterocycles. The van der Waals surface area contributed by atoms with Crippen LogP contribution in [-0.4, -0.2) is 127 Å². The average molecular weight is 1790 g/mol. The van der Waals surface area contributed by atoms with Crippen molar-refractivity contribution in [3.8, 4) is 51.5 Å². The number of hydrogen-bond donors (Lipinski definition) is 4. The minimum Gasteiger partial charge on any atom is -0.465 e. The fourth-order valence-corrected chi connectivity index (χ4v) is 13.7. The van der Waals surface area contributed by atoms with Gasteiger partial charge in [-0.1, -0.05) is 33.7 Å². The van der Waals surface area contributed by atoms with Gasteiger partial charge < -0.3 is 52.7 Å². The number of carbonyl (C=O) groups excluding carboxylic acids is 3. The average Bonchev–Trinajstić information content (AvgIpc) is 1.45. The molecule has 0 fully saturated rings. The second-order valence-electron chi connectivity index (χ2n) is 29.8. The Morgan fingerprint density at radius 1 is 0.512 bits per heavy atom. The molecule has 15 aromatic rings. The number of nitrogens with zero attached hydrogens (tertiary/aromatic N) is 14. The Morgan fingerprint density at radius 3 is 1.34 bits per heavy atom. The number of imidazole rings is 3. The van der Waals surface area contributed by atoms with Crippen LogP contribution in [0.2, 0.25) is 0 Å². The van der Waals surface area contributed by atoms with Crippen LogP contribution in [0.3, 0.4) is 0 Å². The summed E-state index contributed by atoms with van der Waals surface area (Å²) in [7, 11) is 0. The van der Waals surface area contributed by atoms with Crippen molar-refractivity contribution < 1.29 is 98.1 Å². The Kier molecular flexibility index (Phi) is 25.5. The first-order valence-corrected chi connectivity index (χ1v) is 38.5. The van der Waals surface area contributed by atoms with Gasteiger partial charge in [-0.2, -0.15) is 50.7 Å². The molecule has 2 unspecified atom stereocenters. The van der Waals surface area contributed by atoms with Crippen LogP contribution in [0.4, 0.5) is 49.1 Å². The number of aromatic amines is 2. The minimum absolute atomic E-state index is 0. The summed E-state index contributed by atoms with van der Waals surface area (Å²) in [6, 6.07) is 29.1. The monoisotopic (exact) mass is 1790 g/mol. The van der Waals surface area contributed by atoms with Crippen LogP contribution in [0, 0.1) is 70.3 Å². The number of nitrogens with one attached hydrogen (secondary N) is 2. The number of aryl methyl sites for hydroxylation is 6. The fraction of sp³-hybridized carbons (Fsp3) is 0.256. The van der Waals surface area contributed by atoms with Gasteiger partial charge in [0.2, 0.25) is 5.78 Å². The Labute approximate surface area is 712 Å². The quantitative estimate of drug-likeness (QED) is 0.0421. The second-order valence-corrected chi connectivity index (χ2v) is 30.6. The predicted molar refractivity (Wildman–Crippen MR) is 436 cm³/mol. The van der Waals surface area contributed by atoms with Gasteiger partial charge in [-0.15, -0.1) is 0 Å². The Morgan fingerprint density at radius 2 is 0.928 bits per heavy atom. The number of aliphatic hydroxyl groups is 2. The molecular weight excluding hydrogens is 1720 g/mol. The number of pyridine rings is 6. The largest absolute Gasteiger partial charge is 0.465 e. The topological polar surface area (TPSA) is 392 Å². The van der Waals surface area contributed by atoms with Crippen LogP contribution in [-0.2, 0) is 33.0 Å². The zero-order chi connectivity index (χ0) is 90.9. The third-order valence-electron chi connectivity index (χ3n) is 18.6. The molecule has 12 heterocycles. The van der Waals surface area contributed by atoms with E-state index in [0.29, 0.717) is 77.9 Å². The van der Waals surface area contributed by atoms with Gasteiger partial charge in [-0.3, -0.25) is 14.8 Å². The van der Waals surface area contributed by atoms with E-state index in [2.05, 4.69) is 81.2 Å². The van der Waals surface area contributed by atoms with Gasteiger partial charge in [0.1, 0.15) is 90.4 Å². The molecule has 0 aliphatic rings. The molecule has 0 aliphatic heterocycles. The number of ether oxygens (including phenoxy) is 4. The molecular formula is C86H76BrF9N16O13. The number of fused-ring (bicyclic) bond motifs is 3. The number of benzene rings is 3. The predicted octanol–water partition coefficient (Wildman–Crippen LogP) is 18.3. The fourth-order valence-electron chi connectivity index (χ4n) is 13.4. The highest BCUT2D eigenvalue weighted by Gasteiger charge is 2.46. The highest BCUT2D eigenvalue weighted by Crippen LogP contribution is 2.47. The van der Waals surface area contributed by atoms with E-state index in [9.17, 15) is 74.2 Å². The molecule has 648 valence electrons. The van der Waals surface area contributed by atoms with E-state index >= 15 is 0 Å². The third kappa shape index (κ3) is 19.1. The molecule has 0 bridgehead atoms. The smallest absolute Gasteiger partial charge is 0.433 e. The Balaban J connectivity index is 0.000000176. The zero-order valence-corrected chi connectivity index (χ0v) is 70.3. The number of halogens is 10. The van der Waals surface area contributed by atoms with Gasteiger partial charge in [-0.05, 0) is 239 Å². The van der Waals surface area contributed by atoms with E-state index in [1.165, 1.54) is 47.0 Å². The standard InChI is InChI=1S/C31H29F4N5O5.C26H25N5O5.C24H17F4N5O3.C5H3BrFN.H2/c1-7-43-27-38-26-20(30(42,22-12-11-19(32)15-36-22)23-9-8-10-24(37-23)31(33,34)35)13-18(25-16(2)39-45-17(25)3)14-21(26)40(27)28(41)44-29(4,5)6;1-7-34-24-29-22-18(23(32)19-10-8-9-17(13-27)28-19)11-16(21-14(2)30-36-15(21)3)12-20(22)31(24)25(33)35-26(4,5)6;1-11-20(12(2)36-33-11)13-8-15(21-16(9-13)30-22(34)32-21)23(35,17-7-6-14(25)10-29-17)18-4-3-5-19(31-18)24(26,27)28;6-5-2-1-4(7)3-8-5;/h8-15,42H,7H2,1-6H3;8-12H,7H2,1-6H3;3-10,35H,1-2H3,(H2,30,32,34);1-3H;1H/i;;;;1+1. The molecule has 0 saturated carbocycles. The van der Waals surface area contributed by atoms with E-state index < -0.39 is 92.8 Å². The normalized spacial score (nSPS) is 12.7. The molecule has 29 nitrogen and oxygen atoms in total. The first-order chi connectivity index (χ1) is 58.8. The number of nitriles is 1. The van der Waals surface area contributed by atoms with Gasteiger partial charge in [0.15, 0.2) is 11.2 Å². The molecule has 0 saturated heterocycles. The Bertz CT molecular complexity index is 6630. The summed E-state index contributed by atoms with van der Waals surface area (Å²) < 4.78 is 163. The van der Waals surface area contributed by atoms with Crippen molar-refractivity contribution >= 4 is 67.0 Å². The lowest BCUT2D eigenvalue weighted by Gasteiger charge is -2.29. The summed E-state index contributed by atoms with van der Waals surface area (Å²) in [5.41, 5.74) is -5.48. The summed E-state index contributed by atoms with van der Waals surface area (Å²) in [6.45, 7) is 24.2. The number of carbonyl (C=O) groups is 3. The van der Waals surface area contributed by atoms with Crippen molar-refractivity contribution in [2.45, 2.75) is 132 Å². The van der Waals surface area contributed by atoms with Gasteiger partial charge in [-0.25, -0.2) is 47.5 Å².